The normalized spacial score (nSPS) is 10.1. The molecule has 0 saturated carbocycles. The molecule has 0 aliphatic rings. The molecule has 3 aromatic carbocycles. The van der Waals surface area contributed by atoms with Gasteiger partial charge < -0.3 is 26.0 Å². The number of hydrogen-bond acceptors (Lipinski definition) is 3. The van der Waals surface area contributed by atoms with E-state index in [0.29, 0.717) is 11.4 Å². The summed E-state index contributed by atoms with van der Waals surface area (Å²) in [5.74, 6) is -0.840. The van der Waals surface area contributed by atoms with Gasteiger partial charge in [-0.3, -0.25) is 0 Å². The zero-order valence-corrected chi connectivity index (χ0v) is 15.8. The molecule has 0 saturated heterocycles. The second kappa shape index (κ2) is 9.37. The highest BCUT2D eigenvalue weighted by atomic mass is 19.1. The molecule has 0 aliphatic heterocycles. The maximum atomic E-state index is 13.7. The summed E-state index contributed by atoms with van der Waals surface area (Å²) >= 11 is 0. The van der Waals surface area contributed by atoms with E-state index in [1.807, 2.05) is 0 Å². The van der Waals surface area contributed by atoms with E-state index in [2.05, 4.69) is 21.3 Å². The van der Waals surface area contributed by atoms with Gasteiger partial charge in [0.15, 0.2) is 0 Å². The highest BCUT2D eigenvalue weighted by Gasteiger charge is 2.12. The topological polar surface area (TPSA) is 91.5 Å². The van der Waals surface area contributed by atoms with Crippen LogP contribution in [0.25, 0.3) is 0 Å². The fourth-order valence-electron chi connectivity index (χ4n) is 2.57. The number of carbonyl (C=O) groups is 2. The van der Waals surface area contributed by atoms with Crippen LogP contribution in [0.2, 0.25) is 0 Å². The minimum absolute atomic E-state index is 0.00696. The Morgan fingerprint density at radius 3 is 1.73 bits per heavy atom. The van der Waals surface area contributed by atoms with Crippen LogP contribution in [-0.2, 0) is 0 Å². The highest BCUT2D eigenvalue weighted by Crippen LogP contribution is 2.28. The van der Waals surface area contributed by atoms with Gasteiger partial charge in [0.1, 0.15) is 17.4 Å². The van der Waals surface area contributed by atoms with E-state index in [9.17, 15) is 18.4 Å². The van der Waals surface area contributed by atoms with Gasteiger partial charge in [0.2, 0.25) is 0 Å². The summed E-state index contributed by atoms with van der Waals surface area (Å²) in [5.41, 5.74) is 0.569. The Morgan fingerprint density at radius 1 is 0.700 bits per heavy atom. The van der Waals surface area contributed by atoms with Crippen molar-refractivity contribution in [3.63, 3.8) is 0 Å². The number of urea groups is 2. The Balaban J connectivity index is 1.70. The number of nitrogens with one attached hydrogen (secondary N) is 4. The molecule has 0 atom stereocenters. The fourth-order valence-corrected chi connectivity index (χ4v) is 2.57. The highest BCUT2D eigenvalue weighted by molar-refractivity contribution is 6.03. The SMILES string of the molecule is COc1ccc(NC(=O)Nc2ccccc2F)cc1NC(=O)Nc1ccccc1F. The lowest BCUT2D eigenvalue weighted by Gasteiger charge is -2.14. The summed E-state index contributed by atoms with van der Waals surface area (Å²) in [6, 6.07) is 14.6. The third kappa shape index (κ3) is 5.22. The molecule has 154 valence electrons. The van der Waals surface area contributed by atoms with E-state index in [0.717, 1.165) is 0 Å². The van der Waals surface area contributed by atoms with Gasteiger partial charge in [-0.05, 0) is 42.5 Å². The van der Waals surface area contributed by atoms with Crippen LogP contribution in [0.15, 0.2) is 66.7 Å². The zero-order chi connectivity index (χ0) is 21.5. The Morgan fingerprint density at radius 2 is 1.20 bits per heavy atom. The van der Waals surface area contributed by atoms with Crippen molar-refractivity contribution in [1.82, 2.24) is 0 Å². The Kier molecular flexibility index (Phi) is 6.43. The first kappa shape index (κ1) is 20.6. The van der Waals surface area contributed by atoms with Crippen LogP contribution in [0.5, 0.6) is 5.75 Å². The Labute approximate surface area is 171 Å². The molecule has 3 rings (SSSR count). The van der Waals surface area contributed by atoms with Crippen LogP contribution < -0.4 is 26.0 Å². The van der Waals surface area contributed by atoms with Crippen molar-refractivity contribution >= 4 is 34.8 Å². The summed E-state index contributed by atoms with van der Waals surface area (Å²) in [6.45, 7) is 0. The second-order valence-corrected chi connectivity index (χ2v) is 6.03. The standard InChI is InChI=1S/C21H18F2N4O3/c1-30-19-11-10-13(24-20(28)25-16-8-4-2-6-14(16)22)12-18(19)27-21(29)26-17-9-5-3-7-15(17)23/h2-12H,1H3,(H2,24,25,28)(H2,26,27,29). The summed E-state index contributed by atoms with van der Waals surface area (Å²) < 4.78 is 32.6. The number of benzene rings is 3. The van der Waals surface area contributed by atoms with Gasteiger partial charge in [-0.1, -0.05) is 24.3 Å². The lowest BCUT2D eigenvalue weighted by atomic mass is 10.2. The molecule has 0 spiro atoms. The van der Waals surface area contributed by atoms with Crippen LogP contribution in [0.4, 0.5) is 41.1 Å². The lowest BCUT2D eigenvalue weighted by Crippen LogP contribution is -2.22. The average Bonchev–Trinajstić information content (AvgIpc) is 2.72. The first-order chi connectivity index (χ1) is 14.5. The number of hydrogen-bond donors (Lipinski definition) is 4. The van der Waals surface area contributed by atoms with Crippen molar-refractivity contribution in [1.29, 1.82) is 0 Å². The van der Waals surface area contributed by atoms with Crippen molar-refractivity contribution in [2.75, 3.05) is 28.4 Å². The molecule has 9 heteroatoms. The van der Waals surface area contributed by atoms with Gasteiger partial charge >= 0.3 is 12.1 Å². The quantitative estimate of drug-likeness (QED) is 0.461. The number of halogens is 2. The van der Waals surface area contributed by atoms with Gasteiger partial charge in [-0.25, -0.2) is 18.4 Å². The van der Waals surface area contributed by atoms with Crippen LogP contribution in [0.1, 0.15) is 0 Å². The van der Waals surface area contributed by atoms with Crippen molar-refractivity contribution in [3.8, 4) is 5.75 Å². The van der Waals surface area contributed by atoms with Gasteiger partial charge in [-0.2, -0.15) is 0 Å². The predicted molar refractivity (Wildman–Crippen MR) is 111 cm³/mol. The smallest absolute Gasteiger partial charge is 0.323 e. The molecule has 30 heavy (non-hydrogen) atoms. The molecule has 0 aliphatic carbocycles. The van der Waals surface area contributed by atoms with Gasteiger partial charge in [0.05, 0.1) is 24.2 Å². The molecule has 0 radical (unpaired) electrons. The minimum atomic E-state index is -0.702. The number of rotatable bonds is 5. The molecule has 7 nitrogen and oxygen atoms in total. The molecular weight excluding hydrogens is 394 g/mol. The number of ether oxygens (including phenoxy) is 1. The van der Waals surface area contributed by atoms with Crippen molar-refractivity contribution in [3.05, 3.63) is 78.4 Å². The van der Waals surface area contributed by atoms with Crippen LogP contribution in [-0.4, -0.2) is 19.2 Å². The minimum Gasteiger partial charge on any atom is -0.495 e. The molecule has 4 N–H and O–H groups in total. The van der Waals surface area contributed by atoms with Gasteiger partial charge in [-0.15, -0.1) is 0 Å². The fraction of sp³-hybridized carbons (Fsp3) is 0.0476. The Bertz CT molecular complexity index is 1080. The molecule has 3 aromatic rings. The molecule has 0 unspecified atom stereocenters. The van der Waals surface area contributed by atoms with Crippen molar-refractivity contribution in [2.24, 2.45) is 0 Å². The number of anilines is 4. The van der Waals surface area contributed by atoms with Crippen LogP contribution in [0.3, 0.4) is 0 Å². The number of carbonyl (C=O) groups excluding carboxylic acids is 2. The van der Waals surface area contributed by atoms with E-state index < -0.39 is 23.7 Å². The Hall–Kier alpha value is -4.14. The second-order valence-electron chi connectivity index (χ2n) is 6.03. The zero-order valence-electron chi connectivity index (χ0n) is 15.8. The molecular formula is C21H18F2N4O3. The number of methoxy groups -OCH3 is 1. The maximum absolute atomic E-state index is 13.7. The maximum Gasteiger partial charge on any atom is 0.323 e. The lowest BCUT2D eigenvalue weighted by molar-refractivity contribution is 0.261. The summed E-state index contributed by atoms with van der Waals surface area (Å²) in [4.78, 5) is 24.4. The molecule has 4 amide bonds. The summed E-state index contributed by atoms with van der Waals surface area (Å²) in [5, 5.41) is 9.85. The van der Waals surface area contributed by atoms with E-state index >= 15 is 0 Å². The summed E-state index contributed by atoms with van der Waals surface area (Å²) in [6.07, 6.45) is 0. The summed E-state index contributed by atoms with van der Waals surface area (Å²) in [7, 11) is 1.41. The predicted octanol–water partition coefficient (Wildman–Crippen LogP) is 5.26. The largest absolute Gasteiger partial charge is 0.495 e. The average molecular weight is 412 g/mol. The van der Waals surface area contributed by atoms with E-state index in [-0.39, 0.29) is 17.1 Å². The van der Waals surface area contributed by atoms with Crippen molar-refractivity contribution in [2.45, 2.75) is 0 Å². The molecule has 0 fully saturated rings. The molecule has 0 heterocycles. The third-order valence-electron chi connectivity index (χ3n) is 3.95. The van der Waals surface area contributed by atoms with Crippen LogP contribution in [0, 0.1) is 11.6 Å². The van der Waals surface area contributed by atoms with E-state index in [1.165, 1.54) is 55.6 Å². The van der Waals surface area contributed by atoms with Gasteiger partial charge in [0.25, 0.3) is 0 Å². The first-order valence-electron chi connectivity index (χ1n) is 8.79. The van der Waals surface area contributed by atoms with E-state index in [4.69, 9.17) is 4.74 Å². The number of para-hydroxylation sites is 2. The monoisotopic (exact) mass is 412 g/mol. The molecule has 0 aromatic heterocycles. The first-order valence-corrected chi connectivity index (χ1v) is 8.79. The van der Waals surface area contributed by atoms with Gasteiger partial charge in [0, 0.05) is 5.69 Å². The third-order valence-corrected chi connectivity index (χ3v) is 3.95. The van der Waals surface area contributed by atoms with Crippen molar-refractivity contribution < 1.29 is 23.1 Å². The molecule has 0 bridgehead atoms. The number of amides is 4. The van der Waals surface area contributed by atoms with E-state index in [1.54, 1.807) is 18.2 Å². The van der Waals surface area contributed by atoms with Crippen LogP contribution >= 0.6 is 0 Å².